The molecule has 27 heavy (non-hydrogen) atoms. The first-order valence-corrected chi connectivity index (χ1v) is 10.3. The van der Waals surface area contributed by atoms with Gasteiger partial charge in [0, 0.05) is 38.3 Å². The normalized spacial score (nSPS) is 23.5. The Morgan fingerprint density at radius 3 is 2.81 bits per heavy atom. The largest absolute Gasteiger partial charge is 0.474 e. The Hall–Kier alpha value is -2.11. The number of nitrogens with one attached hydrogen (secondary N) is 1. The fraction of sp³-hybridized carbons (Fsp3) is 0.667. The molecule has 146 valence electrons. The van der Waals surface area contributed by atoms with E-state index in [2.05, 4.69) is 10.3 Å². The van der Waals surface area contributed by atoms with Crippen LogP contribution in [-0.2, 0) is 16.1 Å². The molecule has 1 aliphatic heterocycles. The molecular weight excluding hydrogens is 342 g/mol. The molecule has 1 aromatic rings. The number of ether oxygens (including phenoxy) is 1. The Bertz CT molecular complexity index is 683. The molecule has 2 heterocycles. The summed E-state index contributed by atoms with van der Waals surface area (Å²) in [6, 6.07) is 3.81. The average Bonchev–Trinajstić information content (AvgIpc) is 3.42. The molecular formula is C21H29N3O3. The van der Waals surface area contributed by atoms with E-state index in [4.69, 9.17) is 4.74 Å². The maximum Gasteiger partial charge on any atom is 0.225 e. The number of aromatic nitrogens is 1. The Balaban J connectivity index is 1.26. The third kappa shape index (κ3) is 4.99. The van der Waals surface area contributed by atoms with Crippen molar-refractivity contribution < 1.29 is 14.3 Å². The van der Waals surface area contributed by atoms with Crippen LogP contribution in [0.1, 0.15) is 56.9 Å². The van der Waals surface area contributed by atoms with Gasteiger partial charge in [-0.05, 0) is 56.1 Å². The maximum atomic E-state index is 12.5. The number of hydrogen-bond acceptors (Lipinski definition) is 4. The van der Waals surface area contributed by atoms with Crippen molar-refractivity contribution in [2.45, 2.75) is 64.0 Å². The summed E-state index contributed by atoms with van der Waals surface area (Å²) < 4.78 is 6.00. The summed E-state index contributed by atoms with van der Waals surface area (Å²) in [6.07, 6.45) is 10.7. The molecule has 1 N–H and O–H groups in total. The van der Waals surface area contributed by atoms with E-state index in [0.29, 0.717) is 31.3 Å². The molecule has 0 spiro atoms. The number of nitrogens with zero attached hydrogens (tertiary/aromatic N) is 2. The van der Waals surface area contributed by atoms with Crippen molar-refractivity contribution in [3.8, 4) is 5.88 Å². The molecule has 0 radical (unpaired) electrons. The van der Waals surface area contributed by atoms with Gasteiger partial charge < -0.3 is 15.0 Å². The highest BCUT2D eigenvalue weighted by Gasteiger charge is 2.36. The fourth-order valence-corrected chi connectivity index (χ4v) is 4.05. The lowest BCUT2D eigenvalue weighted by molar-refractivity contribution is -0.129. The van der Waals surface area contributed by atoms with Gasteiger partial charge in [-0.1, -0.05) is 6.42 Å². The number of pyridine rings is 1. The third-order valence-corrected chi connectivity index (χ3v) is 5.87. The second-order valence-electron chi connectivity index (χ2n) is 8.24. The van der Waals surface area contributed by atoms with Crippen molar-refractivity contribution in [1.82, 2.24) is 15.2 Å². The maximum absolute atomic E-state index is 12.5. The molecule has 4 rings (SSSR count). The van der Waals surface area contributed by atoms with Gasteiger partial charge in [-0.3, -0.25) is 9.59 Å². The lowest BCUT2D eigenvalue weighted by Gasteiger charge is -2.22. The standard InChI is InChI=1S/C21H29N3O3/c25-20-11-17(14-24(20)13-15-6-7-15)21(26)23-12-16-8-9-22-19(10-16)27-18-4-2-1-3-5-18/h8-10,15,17-18H,1-7,11-14H2,(H,23,26)/t17-/m1/s1. The minimum atomic E-state index is -0.226. The van der Waals surface area contributed by atoms with Crippen molar-refractivity contribution in [2.24, 2.45) is 11.8 Å². The first kappa shape index (κ1) is 18.3. The van der Waals surface area contributed by atoms with Crippen molar-refractivity contribution in [3.63, 3.8) is 0 Å². The van der Waals surface area contributed by atoms with Gasteiger partial charge in [-0.25, -0.2) is 4.98 Å². The van der Waals surface area contributed by atoms with Crippen LogP contribution in [0.15, 0.2) is 18.3 Å². The number of carbonyl (C=O) groups excluding carboxylic acids is 2. The van der Waals surface area contributed by atoms with Crippen LogP contribution in [0.5, 0.6) is 5.88 Å². The van der Waals surface area contributed by atoms with E-state index in [1.807, 2.05) is 17.0 Å². The topological polar surface area (TPSA) is 71.5 Å². The van der Waals surface area contributed by atoms with E-state index in [9.17, 15) is 9.59 Å². The summed E-state index contributed by atoms with van der Waals surface area (Å²) in [5.41, 5.74) is 0.975. The average molecular weight is 371 g/mol. The molecule has 1 atom stereocenters. The Labute approximate surface area is 160 Å². The number of carbonyl (C=O) groups is 2. The van der Waals surface area contributed by atoms with Crippen molar-refractivity contribution in [3.05, 3.63) is 23.9 Å². The summed E-state index contributed by atoms with van der Waals surface area (Å²) in [4.78, 5) is 30.7. The molecule has 3 aliphatic rings. The van der Waals surface area contributed by atoms with Crippen LogP contribution in [0.2, 0.25) is 0 Å². The van der Waals surface area contributed by atoms with Crippen LogP contribution in [0.4, 0.5) is 0 Å². The first-order chi connectivity index (χ1) is 13.2. The van der Waals surface area contributed by atoms with Crippen LogP contribution in [0.3, 0.4) is 0 Å². The minimum Gasteiger partial charge on any atom is -0.474 e. The van der Waals surface area contributed by atoms with Crippen LogP contribution in [0, 0.1) is 11.8 Å². The molecule has 6 heteroatoms. The molecule has 1 saturated heterocycles. The fourth-order valence-electron chi connectivity index (χ4n) is 4.05. The van der Waals surface area contributed by atoms with Crippen molar-refractivity contribution in [1.29, 1.82) is 0 Å². The lowest BCUT2D eigenvalue weighted by Crippen LogP contribution is -2.33. The van der Waals surface area contributed by atoms with Gasteiger partial charge in [-0.15, -0.1) is 0 Å². The molecule has 0 bridgehead atoms. The summed E-state index contributed by atoms with van der Waals surface area (Å²) in [5.74, 6) is 1.16. The highest BCUT2D eigenvalue weighted by molar-refractivity contribution is 5.89. The van der Waals surface area contributed by atoms with E-state index in [0.717, 1.165) is 24.9 Å². The SMILES string of the molecule is O=C(NCc1ccnc(OC2CCCCC2)c1)[C@@H]1CC(=O)N(CC2CC2)C1. The zero-order chi connectivity index (χ0) is 18.6. The lowest BCUT2D eigenvalue weighted by atomic mass is 9.98. The second kappa shape index (κ2) is 8.28. The number of likely N-dealkylation sites (tertiary alicyclic amines) is 1. The third-order valence-electron chi connectivity index (χ3n) is 5.87. The van der Waals surface area contributed by atoms with Gasteiger partial charge in [-0.2, -0.15) is 0 Å². The molecule has 2 aliphatic carbocycles. The summed E-state index contributed by atoms with van der Waals surface area (Å²) in [7, 11) is 0. The summed E-state index contributed by atoms with van der Waals surface area (Å²) in [5, 5.41) is 2.98. The summed E-state index contributed by atoms with van der Waals surface area (Å²) in [6.45, 7) is 1.83. The smallest absolute Gasteiger partial charge is 0.225 e. The van der Waals surface area contributed by atoms with Gasteiger partial charge >= 0.3 is 0 Å². The molecule has 0 aromatic carbocycles. The molecule has 2 saturated carbocycles. The summed E-state index contributed by atoms with van der Waals surface area (Å²) >= 11 is 0. The van der Waals surface area contributed by atoms with Crippen LogP contribution < -0.4 is 10.1 Å². The predicted molar refractivity (Wildman–Crippen MR) is 101 cm³/mol. The van der Waals surface area contributed by atoms with Gasteiger partial charge in [0.2, 0.25) is 17.7 Å². The Kier molecular flexibility index (Phi) is 5.60. The number of hydrogen-bond donors (Lipinski definition) is 1. The van der Waals surface area contributed by atoms with Crippen LogP contribution >= 0.6 is 0 Å². The van der Waals surface area contributed by atoms with E-state index >= 15 is 0 Å². The van der Waals surface area contributed by atoms with E-state index in [1.165, 1.54) is 32.1 Å². The molecule has 2 amide bonds. The minimum absolute atomic E-state index is 0.0341. The molecule has 6 nitrogen and oxygen atoms in total. The van der Waals surface area contributed by atoms with Gasteiger partial charge in [0.1, 0.15) is 6.10 Å². The van der Waals surface area contributed by atoms with E-state index in [1.54, 1.807) is 6.20 Å². The van der Waals surface area contributed by atoms with Gasteiger partial charge in [0.05, 0.1) is 5.92 Å². The second-order valence-corrected chi connectivity index (χ2v) is 8.24. The number of amides is 2. The van der Waals surface area contributed by atoms with E-state index in [-0.39, 0.29) is 23.8 Å². The first-order valence-electron chi connectivity index (χ1n) is 10.3. The van der Waals surface area contributed by atoms with Gasteiger partial charge in [0.25, 0.3) is 0 Å². The Morgan fingerprint density at radius 1 is 1.22 bits per heavy atom. The highest BCUT2D eigenvalue weighted by atomic mass is 16.5. The van der Waals surface area contributed by atoms with Crippen LogP contribution in [-0.4, -0.2) is 40.9 Å². The van der Waals surface area contributed by atoms with Gasteiger partial charge in [0.15, 0.2) is 0 Å². The van der Waals surface area contributed by atoms with Crippen molar-refractivity contribution >= 4 is 11.8 Å². The quantitative estimate of drug-likeness (QED) is 0.800. The monoisotopic (exact) mass is 371 g/mol. The van der Waals surface area contributed by atoms with Crippen molar-refractivity contribution in [2.75, 3.05) is 13.1 Å². The molecule has 3 fully saturated rings. The number of rotatable bonds is 7. The Morgan fingerprint density at radius 2 is 2.04 bits per heavy atom. The molecule has 1 aromatic heterocycles. The zero-order valence-corrected chi connectivity index (χ0v) is 15.9. The predicted octanol–water partition coefficient (Wildman–Crippen LogP) is 2.67. The van der Waals surface area contributed by atoms with Crippen LogP contribution in [0.25, 0.3) is 0 Å². The molecule has 0 unspecified atom stereocenters. The zero-order valence-electron chi connectivity index (χ0n) is 15.9. The highest BCUT2D eigenvalue weighted by Crippen LogP contribution is 2.32. The van der Waals surface area contributed by atoms with E-state index < -0.39 is 0 Å².